The first-order valence-electron chi connectivity index (χ1n) is 9.32. The molecule has 0 aromatic rings. The number of aliphatic hydroxyl groups is 1. The van der Waals surface area contributed by atoms with Crippen LogP contribution >= 0.6 is 0 Å². The van der Waals surface area contributed by atoms with Crippen molar-refractivity contribution < 1.29 is 24.8 Å². The number of nitrogens with zero attached hydrogens (tertiary/aromatic N) is 2. The maximum Gasteiger partial charge on any atom is 0.286 e. The van der Waals surface area contributed by atoms with Gasteiger partial charge in [-0.2, -0.15) is 0 Å². The van der Waals surface area contributed by atoms with Gasteiger partial charge in [0.25, 0.3) is 11.8 Å². The Kier molecular flexibility index (Phi) is 7.02. The highest BCUT2D eigenvalue weighted by atomic mass is 16.5. The van der Waals surface area contributed by atoms with Crippen LogP contribution in [0.4, 0.5) is 0 Å². The van der Waals surface area contributed by atoms with Crippen LogP contribution < -0.4 is 11.1 Å². The summed E-state index contributed by atoms with van der Waals surface area (Å²) in [5.41, 5.74) is 6.00. The lowest BCUT2D eigenvalue weighted by Crippen LogP contribution is -2.53. The van der Waals surface area contributed by atoms with Crippen molar-refractivity contribution in [3.05, 3.63) is 11.5 Å². The second-order valence-electron chi connectivity index (χ2n) is 7.27. The Balaban J connectivity index is 2.06. The number of rotatable bonds is 7. The first-order valence-corrected chi connectivity index (χ1v) is 9.32. The largest absolute Gasteiger partial charge is 0.483 e. The highest BCUT2D eigenvalue weighted by Gasteiger charge is 2.31. The van der Waals surface area contributed by atoms with E-state index in [0.29, 0.717) is 31.9 Å². The fourth-order valence-electron chi connectivity index (χ4n) is 3.38. The summed E-state index contributed by atoms with van der Waals surface area (Å²) in [5, 5.41) is 15.7. The molecule has 0 radical (unpaired) electrons. The molecule has 1 atom stereocenters. The predicted molar refractivity (Wildman–Crippen MR) is 96.5 cm³/mol. The quantitative estimate of drug-likeness (QED) is 0.291. The fraction of sp³-hybridized carbons (Fsp3) is 0.722. The second kappa shape index (κ2) is 9.02. The van der Waals surface area contributed by atoms with Crippen molar-refractivity contribution in [1.29, 1.82) is 0 Å². The monoisotopic (exact) mass is 367 g/mol. The molecule has 8 heteroatoms. The van der Waals surface area contributed by atoms with Crippen molar-refractivity contribution >= 4 is 18.0 Å². The smallest absolute Gasteiger partial charge is 0.286 e. The lowest BCUT2D eigenvalue weighted by molar-refractivity contribution is -0.144. The van der Waals surface area contributed by atoms with Gasteiger partial charge < -0.3 is 25.4 Å². The van der Waals surface area contributed by atoms with E-state index in [9.17, 15) is 14.7 Å². The van der Waals surface area contributed by atoms with Crippen molar-refractivity contribution in [2.45, 2.75) is 51.7 Å². The van der Waals surface area contributed by atoms with Crippen LogP contribution in [0.2, 0.25) is 0 Å². The van der Waals surface area contributed by atoms with Gasteiger partial charge in [-0.05, 0) is 31.6 Å². The number of carbonyl (C=O) groups is 2. The van der Waals surface area contributed by atoms with E-state index in [1.54, 1.807) is 4.90 Å². The topological polar surface area (TPSA) is 122 Å². The Bertz CT molecular complexity index is 562. The molecule has 0 aromatic carbocycles. The molecule has 2 amide bonds. The Morgan fingerprint density at radius 1 is 1.15 bits per heavy atom. The minimum Gasteiger partial charge on any atom is -0.483 e. The molecule has 0 aromatic heterocycles. The number of carbonyl (C=O) groups excluding carboxylic acids is 2. The number of primary amides is 1. The summed E-state index contributed by atoms with van der Waals surface area (Å²) in [6.45, 7) is 5.48. The second-order valence-corrected chi connectivity index (χ2v) is 7.27. The highest BCUT2D eigenvalue weighted by Crippen LogP contribution is 2.25. The molecule has 1 saturated carbocycles. The maximum absolute atomic E-state index is 12.3. The van der Waals surface area contributed by atoms with E-state index < -0.39 is 12.0 Å². The molecule has 2 aliphatic rings. The summed E-state index contributed by atoms with van der Waals surface area (Å²) in [4.78, 5) is 27.7. The Labute approximate surface area is 154 Å². The number of amides is 2. The zero-order valence-corrected chi connectivity index (χ0v) is 15.7. The van der Waals surface area contributed by atoms with E-state index in [-0.39, 0.29) is 23.7 Å². The summed E-state index contributed by atoms with van der Waals surface area (Å²) in [6.07, 6.45) is 4.32. The van der Waals surface area contributed by atoms with Gasteiger partial charge >= 0.3 is 0 Å². The van der Waals surface area contributed by atoms with Crippen LogP contribution in [0.15, 0.2) is 11.5 Å². The minimum atomic E-state index is -0.996. The van der Waals surface area contributed by atoms with Crippen LogP contribution in [0.3, 0.4) is 0 Å². The van der Waals surface area contributed by atoms with Crippen LogP contribution in [0.25, 0.3) is 0 Å². The van der Waals surface area contributed by atoms with Crippen molar-refractivity contribution in [2.24, 2.45) is 11.7 Å². The molecule has 2 rings (SSSR count). The summed E-state index contributed by atoms with van der Waals surface area (Å²) in [6, 6.07) is 0. The number of ether oxygens (including phenoxy) is 1. The summed E-state index contributed by atoms with van der Waals surface area (Å²) in [5.74, 6) is -0.933. The molecule has 146 valence electrons. The van der Waals surface area contributed by atoms with Gasteiger partial charge in [-0.15, -0.1) is 0 Å². The highest BCUT2D eigenvalue weighted by molar-refractivity contribution is 5.95. The summed E-state index contributed by atoms with van der Waals surface area (Å²) in [7, 11) is 0. The van der Waals surface area contributed by atoms with Crippen molar-refractivity contribution in [2.75, 3.05) is 26.2 Å². The SMILES string of the molecule is CC(C)C(O)C(=O)N1CCN(/C(C=[NH2+])=C(\OC2CCCC2)C(N)=O)CC1. The lowest BCUT2D eigenvalue weighted by Gasteiger charge is -2.37. The van der Waals surface area contributed by atoms with Gasteiger partial charge in [0.1, 0.15) is 11.8 Å². The molecule has 2 fully saturated rings. The summed E-state index contributed by atoms with van der Waals surface area (Å²) >= 11 is 0. The van der Waals surface area contributed by atoms with Gasteiger partial charge in [-0.3, -0.25) is 15.0 Å². The number of hydrogen-bond acceptors (Lipinski definition) is 5. The molecule has 1 aliphatic heterocycles. The van der Waals surface area contributed by atoms with Crippen LogP contribution in [-0.2, 0) is 14.3 Å². The zero-order chi connectivity index (χ0) is 19.3. The molecular formula is C18H31N4O4+. The number of allylic oxidation sites excluding steroid dienone is 1. The third-order valence-electron chi connectivity index (χ3n) is 5.02. The zero-order valence-electron chi connectivity index (χ0n) is 15.7. The molecule has 8 nitrogen and oxygen atoms in total. The van der Waals surface area contributed by atoms with Crippen LogP contribution in [-0.4, -0.2) is 71.3 Å². The van der Waals surface area contributed by atoms with Gasteiger partial charge in [0, 0.05) is 26.2 Å². The van der Waals surface area contributed by atoms with Gasteiger partial charge in [0.05, 0.1) is 6.10 Å². The predicted octanol–water partition coefficient (Wildman–Crippen LogP) is -1.37. The van der Waals surface area contributed by atoms with Crippen LogP contribution in [0.5, 0.6) is 0 Å². The maximum atomic E-state index is 12.3. The molecule has 1 unspecified atom stereocenters. The molecule has 1 aliphatic carbocycles. The Morgan fingerprint density at radius 2 is 1.69 bits per heavy atom. The normalized spacial score (nSPS) is 20.8. The van der Waals surface area contributed by atoms with E-state index >= 15 is 0 Å². The van der Waals surface area contributed by atoms with Crippen molar-refractivity contribution in [1.82, 2.24) is 9.80 Å². The minimum absolute atomic E-state index is 0.00324. The van der Waals surface area contributed by atoms with Crippen molar-refractivity contribution in [3.8, 4) is 0 Å². The van der Waals surface area contributed by atoms with Crippen LogP contribution in [0.1, 0.15) is 39.5 Å². The van der Waals surface area contributed by atoms with E-state index in [4.69, 9.17) is 15.9 Å². The number of aliphatic hydroxyl groups excluding tert-OH is 1. The van der Waals surface area contributed by atoms with Crippen LogP contribution in [0, 0.1) is 5.92 Å². The molecule has 1 saturated heterocycles. The van der Waals surface area contributed by atoms with Gasteiger partial charge in [0.2, 0.25) is 5.76 Å². The molecular weight excluding hydrogens is 336 g/mol. The molecule has 1 heterocycles. The molecule has 26 heavy (non-hydrogen) atoms. The third-order valence-corrected chi connectivity index (χ3v) is 5.02. The first-order chi connectivity index (χ1) is 12.3. The lowest BCUT2D eigenvalue weighted by atomic mass is 10.1. The molecule has 0 spiro atoms. The number of hydrogen-bond donors (Lipinski definition) is 3. The average molecular weight is 367 g/mol. The first kappa shape index (κ1) is 20.2. The molecule has 5 N–H and O–H groups in total. The van der Waals surface area contributed by atoms with Gasteiger partial charge in [-0.25, -0.2) is 0 Å². The third kappa shape index (κ3) is 4.75. The summed E-state index contributed by atoms with van der Waals surface area (Å²) < 4.78 is 5.85. The van der Waals surface area contributed by atoms with E-state index in [0.717, 1.165) is 25.7 Å². The van der Waals surface area contributed by atoms with Gasteiger partial charge in [0.15, 0.2) is 6.21 Å². The van der Waals surface area contributed by atoms with E-state index in [2.05, 4.69) is 0 Å². The number of piperazine rings is 1. The Hall–Kier alpha value is -2.09. The Morgan fingerprint density at radius 3 is 2.15 bits per heavy atom. The van der Waals surface area contributed by atoms with E-state index in [1.165, 1.54) is 6.21 Å². The van der Waals surface area contributed by atoms with Crippen molar-refractivity contribution in [3.63, 3.8) is 0 Å². The fourth-order valence-corrected chi connectivity index (χ4v) is 3.38. The van der Waals surface area contributed by atoms with E-state index in [1.807, 2.05) is 18.7 Å². The number of nitrogens with two attached hydrogens (primary N) is 2. The van der Waals surface area contributed by atoms with Gasteiger partial charge in [-0.1, -0.05) is 13.8 Å². The molecule has 0 bridgehead atoms. The standard InChI is InChI=1S/C18H30N4O4/c1-12(2)15(23)18(25)22-9-7-21(8-10-22)14(11-19)16(17(20)24)26-13-5-3-4-6-13/h11-13,15,19,23H,3-10H2,1-2H3,(H2,20,24)/p+1/b16-14-,19-11?. The average Bonchev–Trinajstić information content (AvgIpc) is 3.13.